The Morgan fingerprint density at radius 3 is 2.76 bits per heavy atom. The number of para-hydroxylation sites is 2. The highest BCUT2D eigenvalue weighted by Gasteiger charge is 2.10. The minimum atomic E-state index is 0.216. The van der Waals surface area contributed by atoms with Gasteiger partial charge in [0.1, 0.15) is 5.82 Å². The molecule has 1 heterocycles. The summed E-state index contributed by atoms with van der Waals surface area (Å²) in [5, 5.41) is 8.97. The van der Waals surface area contributed by atoms with Crippen molar-refractivity contribution in [1.29, 1.82) is 0 Å². The molecule has 2 rings (SSSR count). The zero-order valence-corrected chi connectivity index (χ0v) is 10.4. The first-order chi connectivity index (χ1) is 8.22. The van der Waals surface area contributed by atoms with Crippen molar-refractivity contribution in [3.8, 4) is 0 Å². The maximum Gasteiger partial charge on any atom is 0.124 e. The highest BCUT2D eigenvalue weighted by Crippen LogP contribution is 2.17. The summed E-state index contributed by atoms with van der Waals surface area (Å²) in [6, 6.07) is 8.15. The van der Waals surface area contributed by atoms with Crippen molar-refractivity contribution in [2.24, 2.45) is 0 Å². The van der Waals surface area contributed by atoms with Gasteiger partial charge in [-0.05, 0) is 32.6 Å². The van der Waals surface area contributed by atoms with Gasteiger partial charge in [-0.3, -0.25) is 0 Å². The van der Waals surface area contributed by atoms with E-state index in [1.165, 1.54) is 0 Å². The molecule has 4 heteroatoms. The molecule has 0 saturated heterocycles. The number of hydrogen-bond donors (Lipinski definition) is 1. The molecule has 92 valence electrons. The van der Waals surface area contributed by atoms with Crippen molar-refractivity contribution in [3.05, 3.63) is 30.1 Å². The molecule has 2 aromatic rings. The second-order valence-electron chi connectivity index (χ2n) is 4.48. The van der Waals surface area contributed by atoms with Crippen molar-refractivity contribution in [3.63, 3.8) is 0 Å². The summed E-state index contributed by atoms with van der Waals surface area (Å²) in [6.07, 6.45) is 0.765. The number of rotatable bonds is 5. The molecule has 1 N–H and O–H groups in total. The lowest BCUT2D eigenvalue weighted by molar-refractivity contribution is 0.278. The fraction of sp³-hybridized carbons (Fsp3) is 0.462. The van der Waals surface area contributed by atoms with Gasteiger partial charge in [0.2, 0.25) is 0 Å². The van der Waals surface area contributed by atoms with Gasteiger partial charge in [0.25, 0.3) is 0 Å². The maximum atomic E-state index is 8.97. The number of aliphatic hydroxyl groups is 1. The van der Waals surface area contributed by atoms with Crippen molar-refractivity contribution in [1.82, 2.24) is 14.5 Å². The zero-order valence-electron chi connectivity index (χ0n) is 10.4. The number of hydrogen-bond acceptors (Lipinski definition) is 3. The maximum absolute atomic E-state index is 8.97. The Bertz CT molecular complexity index is 490. The number of benzene rings is 1. The number of fused-ring (bicyclic) bond motifs is 1. The van der Waals surface area contributed by atoms with Gasteiger partial charge >= 0.3 is 0 Å². The minimum absolute atomic E-state index is 0.216. The highest BCUT2D eigenvalue weighted by atomic mass is 16.3. The van der Waals surface area contributed by atoms with Gasteiger partial charge in [-0.25, -0.2) is 4.98 Å². The first-order valence-corrected chi connectivity index (χ1v) is 5.92. The number of aliphatic hydroxyl groups excluding tert-OH is 1. The van der Waals surface area contributed by atoms with Crippen LogP contribution in [0.5, 0.6) is 0 Å². The second kappa shape index (κ2) is 5.29. The molecule has 0 unspecified atom stereocenters. The van der Waals surface area contributed by atoms with Crippen LogP contribution in [0.25, 0.3) is 11.0 Å². The molecule has 0 aliphatic carbocycles. The highest BCUT2D eigenvalue weighted by molar-refractivity contribution is 5.75. The van der Waals surface area contributed by atoms with Crippen LogP contribution in [0.1, 0.15) is 12.2 Å². The van der Waals surface area contributed by atoms with E-state index in [0.29, 0.717) is 0 Å². The molecule has 0 radical (unpaired) electrons. The van der Waals surface area contributed by atoms with Crippen LogP contribution in [0, 0.1) is 0 Å². The van der Waals surface area contributed by atoms with Crippen LogP contribution in [-0.2, 0) is 13.1 Å². The monoisotopic (exact) mass is 233 g/mol. The molecule has 0 atom stereocenters. The smallest absolute Gasteiger partial charge is 0.124 e. The van der Waals surface area contributed by atoms with E-state index in [-0.39, 0.29) is 6.61 Å². The van der Waals surface area contributed by atoms with E-state index < -0.39 is 0 Å². The molecule has 4 nitrogen and oxygen atoms in total. The van der Waals surface area contributed by atoms with E-state index >= 15 is 0 Å². The minimum Gasteiger partial charge on any atom is -0.396 e. The number of aryl methyl sites for hydroxylation is 1. The Morgan fingerprint density at radius 2 is 2.06 bits per heavy atom. The van der Waals surface area contributed by atoms with Gasteiger partial charge in [0, 0.05) is 13.2 Å². The van der Waals surface area contributed by atoms with Crippen molar-refractivity contribution in [2.45, 2.75) is 19.5 Å². The lowest BCUT2D eigenvalue weighted by Gasteiger charge is -2.12. The number of imidazole rings is 1. The molecule has 0 bridgehead atoms. The van der Waals surface area contributed by atoms with E-state index in [0.717, 1.165) is 36.4 Å². The molecule has 0 spiro atoms. The molecule has 0 amide bonds. The summed E-state index contributed by atoms with van der Waals surface area (Å²) in [7, 11) is 4.07. The van der Waals surface area contributed by atoms with Gasteiger partial charge in [0.15, 0.2) is 0 Å². The lowest BCUT2D eigenvalue weighted by Crippen LogP contribution is -2.16. The fourth-order valence-corrected chi connectivity index (χ4v) is 2.01. The van der Waals surface area contributed by atoms with Crippen LogP contribution in [0.2, 0.25) is 0 Å². The Morgan fingerprint density at radius 1 is 1.29 bits per heavy atom. The van der Waals surface area contributed by atoms with Crippen LogP contribution in [0.4, 0.5) is 0 Å². The summed E-state index contributed by atoms with van der Waals surface area (Å²) in [5.74, 6) is 1.06. The first kappa shape index (κ1) is 12.1. The summed E-state index contributed by atoms with van der Waals surface area (Å²) >= 11 is 0. The van der Waals surface area contributed by atoms with Crippen molar-refractivity contribution in [2.75, 3.05) is 20.7 Å². The fourth-order valence-electron chi connectivity index (χ4n) is 2.01. The van der Waals surface area contributed by atoms with Gasteiger partial charge < -0.3 is 14.6 Å². The Hall–Kier alpha value is -1.39. The van der Waals surface area contributed by atoms with Crippen molar-refractivity contribution < 1.29 is 5.11 Å². The van der Waals surface area contributed by atoms with Crippen molar-refractivity contribution >= 4 is 11.0 Å². The van der Waals surface area contributed by atoms with Crippen LogP contribution < -0.4 is 0 Å². The topological polar surface area (TPSA) is 41.3 Å². The Kier molecular flexibility index (Phi) is 3.76. The number of nitrogens with zero attached hydrogens (tertiary/aromatic N) is 3. The van der Waals surface area contributed by atoms with Crippen LogP contribution >= 0.6 is 0 Å². The average Bonchev–Trinajstić information content (AvgIpc) is 2.63. The van der Waals surface area contributed by atoms with E-state index in [1.54, 1.807) is 0 Å². The Balaban J connectivity index is 2.41. The second-order valence-corrected chi connectivity index (χ2v) is 4.48. The molecule has 1 aromatic heterocycles. The van der Waals surface area contributed by atoms with Gasteiger partial charge in [-0.1, -0.05) is 12.1 Å². The first-order valence-electron chi connectivity index (χ1n) is 5.92. The molecule has 17 heavy (non-hydrogen) atoms. The van der Waals surface area contributed by atoms with Gasteiger partial charge in [0.05, 0.1) is 17.6 Å². The molecular formula is C13H19N3O. The van der Waals surface area contributed by atoms with E-state index in [1.807, 2.05) is 32.3 Å². The molecule has 0 fully saturated rings. The van der Waals surface area contributed by atoms with Gasteiger partial charge in [-0.15, -0.1) is 0 Å². The van der Waals surface area contributed by atoms with E-state index in [9.17, 15) is 0 Å². The molecule has 0 aliphatic heterocycles. The van der Waals surface area contributed by atoms with Crippen LogP contribution in [-0.4, -0.2) is 40.3 Å². The summed E-state index contributed by atoms with van der Waals surface area (Å²) < 4.78 is 2.20. The van der Waals surface area contributed by atoms with Crippen LogP contribution in [0.3, 0.4) is 0 Å². The zero-order chi connectivity index (χ0) is 12.3. The number of aromatic nitrogens is 2. The standard InChI is InChI=1S/C13H19N3O/c1-15(2)10-13-14-11-6-3-4-7-12(11)16(13)8-5-9-17/h3-4,6-7,17H,5,8-10H2,1-2H3. The normalized spacial score (nSPS) is 11.5. The average molecular weight is 233 g/mol. The Labute approximate surface area is 101 Å². The summed E-state index contributed by atoms with van der Waals surface area (Å²) in [5.41, 5.74) is 2.18. The molecule has 1 aromatic carbocycles. The summed E-state index contributed by atoms with van der Waals surface area (Å²) in [6.45, 7) is 1.86. The molecule has 0 aliphatic rings. The quantitative estimate of drug-likeness (QED) is 0.850. The lowest BCUT2D eigenvalue weighted by atomic mass is 10.3. The predicted molar refractivity (Wildman–Crippen MR) is 68.8 cm³/mol. The third-order valence-electron chi connectivity index (χ3n) is 2.73. The predicted octanol–water partition coefficient (Wildman–Crippen LogP) is 1.48. The van der Waals surface area contributed by atoms with E-state index in [4.69, 9.17) is 5.11 Å². The third-order valence-corrected chi connectivity index (χ3v) is 2.73. The molecule has 0 saturated carbocycles. The van der Waals surface area contributed by atoms with E-state index in [2.05, 4.69) is 20.5 Å². The third kappa shape index (κ3) is 2.65. The molecular weight excluding hydrogens is 214 g/mol. The summed E-state index contributed by atoms with van der Waals surface area (Å²) in [4.78, 5) is 6.75. The van der Waals surface area contributed by atoms with Gasteiger partial charge in [-0.2, -0.15) is 0 Å². The van der Waals surface area contributed by atoms with Crippen LogP contribution in [0.15, 0.2) is 24.3 Å². The SMILES string of the molecule is CN(C)Cc1nc2ccccc2n1CCCO. The largest absolute Gasteiger partial charge is 0.396 e.